The van der Waals surface area contributed by atoms with E-state index in [4.69, 9.17) is 4.74 Å². The monoisotopic (exact) mass is 297 g/mol. The summed E-state index contributed by atoms with van der Waals surface area (Å²) >= 11 is 0. The summed E-state index contributed by atoms with van der Waals surface area (Å²) in [4.78, 5) is 0. The zero-order valence-electron chi connectivity index (χ0n) is 11.3. The molecule has 0 radical (unpaired) electrons. The van der Waals surface area contributed by atoms with E-state index in [0.29, 0.717) is 12.2 Å². The number of nitrogens with one attached hydrogen (secondary N) is 1. The van der Waals surface area contributed by atoms with Crippen LogP contribution >= 0.6 is 0 Å². The van der Waals surface area contributed by atoms with E-state index in [0.717, 1.165) is 12.6 Å². The number of hydrogen-bond acceptors (Lipinski definition) is 4. The van der Waals surface area contributed by atoms with Crippen molar-refractivity contribution in [1.29, 1.82) is 0 Å². The minimum atomic E-state index is -4.48. The maximum absolute atomic E-state index is 12.8. The molecule has 1 heterocycles. The normalized spacial score (nSPS) is 11.4. The summed E-state index contributed by atoms with van der Waals surface area (Å²) in [5.74, 6) is -0.273. The van der Waals surface area contributed by atoms with E-state index >= 15 is 0 Å². The summed E-state index contributed by atoms with van der Waals surface area (Å²) in [5.41, 5.74) is -0.156. The van der Waals surface area contributed by atoms with Crippen LogP contribution in [0.2, 0.25) is 0 Å². The van der Waals surface area contributed by atoms with Crippen LogP contribution in [0.3, 0.4) is 0 Å². The maximum atomic E-state index is 12.8. The number of para-hydroxylation sites is 1. The van der Waals surface area contributed by atoms with Crippen molar-refractivity contribution >= 4 is 0 Å². The number of hydrogen-bond donors (Lipinski definition) is 1. The first-order chi connectivity index (χ1) is 10.0. The third-order valence-corrected chi connectivity index (χ3v) is 2.66. The molecule has 0 saturated heterocycles. The van der Waals surface area contributed by atoms with Crippen LogP contribution in [-0.4, -0.2) is 16.7 Å². The van der Waals surface area contributed by atoms with Gasteiger partial charge < -0.3 is 10.1 Å². The van der Waals surface area contributed by atoms with Gasteiger partial charge in [0.2, 0.25) is 5.88 Å². The Morgan fingerprint density at radius 2 is 1.86 bits per heavy atom. The van der Waals surface area contributed by atoms with Crippen molar-refractivity contribution in [3.8, 4) is 11.6 Å². The third kappa shape index (κ3) is 4.16. The van der Waals surface area contributed by atoms with E-state index in [1.807, 2.05) is 6.92 Å². The summed E-state index contributed by atoms with van der Waals surface area (Å²) in [6.07, 6.45) is -4.48. The van der Waals surface area contributed by atoms with Crippen molar-refractivity contribution in [2.75, 3.05) is 6.54 Å². The Morgan fingerprint density at radius 1 is 1.10 bits per heavy atom. The van der Waals surface area contributed by atoms with Crippen LogP contribution < -0.4 is 10.1 Å². The first-order valence-corrected chi connectivity index (χ1v) is 6.38. The van der Waals surface area contributed by atoms with E-state index in [1.165, 1.54) is 24.3 Å². The van der Waals surface area contributed by atoms with Crippen molar-refractivity contribution in [1.82, 2.24) is 15.5 Å². The lowest BCUT2D eigenvalue weighted by atomic mass is 10.2. The quantitative estimate of drug-likeness (QED) is 0.919. The first kappa shape index (κ1) is 15.2. The number of benzene rings is 1. The lowest BCUT2D eigenvalue weighted by Gasteiger charge is -2.12. The molecular weight excluding hydrogens is 283 g/mol. The summed E-state index contributed by atoms with van der Waals surface area (Å²) in [5, 5.41) is 10.7. The van der Waals surface area contributed by atoms with Crippen molar-refractivity contribution in [3.05, 3.63) is 47.7 Å². The average Bonchev–Trinajstić information content (AvgIpc) is 2.46. The number of alkyl halides is 3. The molecule has 112 valence electrons. The Bertz CT molecular complexity index is 585. The Kier molecular flexibility index (Phi) is 4.74. The predicted molar refractivity (Wildman–Crippen MR) is 70.9 cm³/mol. The Hall–Kier alpha value is -2.15. The molecular formula is C14H14F3N3O. The summed E-state index contributed by atoms with van der Waals surface area (Å²) in [6, 6.07) is 8.13. The molecule has 0 atom stereocenters. The van der Waals surface area contributed by atoms with Crippen molar-refractivity contribution in [3.63, 3.8) is 0 Å². The number of nitrogens with zero attached hydrogens (tertiary/aromatic N) is 2. The van der Waals surface area contributed by atoms with Crippen molar-refractivity contribution < 1.29 is 17.9 Å². The number of ether oxygens (including phenoxy) is 1. The molecule has 4 nitrogen and oxygen atoms in total. The lowest BCUT2D eigenvalue weighted by Crippen LogP contribution is -2.13. The Labute approximate surface area is 120 Å². The fourth-order valence-corrected chi connectivity index (χ4v) is 1.65. The highest BCUT2D eigenvalue weighted by Crippen LogP contribution is 2.37. The second-order valence-electron chi connectivity index (χ2n) is 4.24. The molecule has 1 aromatic carbocycles. The summed E-state index contributed by atoms with van der Waals surface area (Å²) in [6.45, 7) is 3.29. The van der Waals surface area contributed by atoms with Gasteiger partial charge in [-0.15, -0.1) is 5.10 Å². The van der Waals surface area contributed by atoms with Gasteiger partial charge in [0.15, 0.2) is 0 Å². The largest absolute Gasteiger partial charge is 0.437 e. The van der Waals surface area contributed by atoms with E-state index in [-0.39, 0.29) is 11.6 Å². The Balaban J connectivity index is 2.15. The maximum Gasteiger partial charge on any atom is 0.419 e. The van der Waals surface area contributed by atoms with Gasteiger partial charge in [-0.05, 0) is 24.7 Å². The molecule has 0 saturated carbocycles. The van der Waals surface area contributed by atoms with Gasteiger partial charge >= 0.3 is 6.18 Å². The molecule has 0 fully saturated rings. The highest BCUT2D eigenvalue weighted by Gasteiger charge is 2.34. The van der Waals surface area contributed by atoms with Crippen molar-refractivity contribution in [2.45, 2.75) is 19.6 Å². The molecule has 1 N–H and O–H groups in total. The fourth-order valence-electron chi connectivity index (χ4n) is 1.65. The average molecular weight is 297 g/mol. The minimum Gasteiger partial charge on any atom is -0.437 e. The van der Waals surface area contributed by atoms with Gasteiger partial charge in [0.25, 0.3) is 0 Å². The van der Waals surface area contributed by atoms with E-state index in [2.05, 4.69) is 15.5 Å². The van der Waals surface area contributed by atoms with Gasteiger partial charge in [-0.25, -0.2) is 0 Å². The van der Waals surface area contributed by atoms with Gasteiger partial charge in [0.05, 0.1) is 11.3 Å². The smallest absolute Gasteiger partial charge is 0.419 e. The molecule has 1 aromatic heterocycles. The zero-order valence-corrected chi connectivity index (χ0v) is 11.3. The van der Waals surface area contributed by atoms with Gasteiger partial charge in [0, 0.05) is 12.6 Å². The van der Waals surface area contributed by atoms with E-state index < -0.39 is 11.7 Å². The van der Waals surface area contributed by atoms with Crippen LogP contribution in [0.5, 0.6) is 11.6 Å². The zero-order chi connectivity index (χ0) is 15.3. The molecule has 7 heteroatoms. The topological polar surface area (TPSA) is 47.0 Å². The van der Waals surface area contributed by atoms with Crippen LogP contribution in [0.1, 0.15) is 18.2 Å². The molecule has 0 aliphatic carbocycles. The molecule has 0 unspecified atom stereocenters. The summed E-state index contributed by atoms with van der Waals surface area (Å²) in [7, 11) is 0. The number of rotatable bonds is 5. The molecule has 2 aromatic rings. The van der Waals surface area contributed by atoms with Crippen LogP contribution in [0, 0.1) is 0 Å². The van der Waals surface area contributed by atoms with E-state index in [1.54, 1.807) is 6.07 Å². The van der Waals surface area contributed by atoms with Gasteiger partial charge in [-0.2, -0.15) is 18.3 Å². The standard InChI is InChI=1S/C14H14F3N3O/c1-2-18-9-10-7-8-13(20-19-10)21-12-6-4-3-5-11(12)14(15,16)17/h3-8,18H,2,9H2,1H3. The van der Waals surface area contributed by atoms with Crippen LogP contribution in [-0.2, 0) is 12.7 Å². The van der Waals surface area contributed by atoms with Gasteiger partial charge in [-0.3, -0.25) is 0 Å². The first-order valence-electron chi connectivity index (χ1n) is 6.38. The molecule has 21 heavy (non-hydrogen) atoms. The highest BCUT2D eigenvalue weighted by molar-refractivity contribution is 5.37. The van der Waals surface area contributed by atoms with E-state index in [9.17, 15) is 13.2 Å². The second kappa shape index (κ2) is 6.53. The fraction of sp³-hybridized carbons (Fsp3) is 0.286. The van der Waals surface area contributed by atoms with Crippen LogP contribution in [0.25, 0.3) is 0 Å². The summed E-state index contributed by atoms with van der Waals surface area (Å²) < 4.78 is 43.7. The minimum absolute atomic E-state index is 0.0203. The lowest BCUT2D eigenvalue weighted by molar-refractivity contribution is -0.138. The second-order valence-corrected chi connectivity index (χ2v) is 4.24. The molecule has 0 bridgehead atoms. The Morgan fingerprint density at radius 3 is 2.48 bits per heavy atom. The van der Waals surface area contributed by atoms with Gasteiger partial charge in [-0.1, -0.05) is 19.1 Å². The molecule has 0 aliphatic rings. The molecule has 0 amide bonds. The molecule has 2 rings (SSSR count). The molecule has 0 aliphatic heterocycles. The third-order valence-electron chi connectivity index (χ3n) is 2.66. The predicted octanol–water partition coefficient (Wildman–Crippen LogP) is 3.40. The van der Waals surface area contributed by atoms with Gasteiger partial charge in [0.1, 0.15) is 5.75 Å². The van der Waals surface area contributed by atoms with Crippen LogP contribution in [0.15, 0.2) is 36.4 Å². The number of halogens is 3. The SMILES string of the molecule is CCNCc1ccc(Oc2ccccc2C(F)(F)F)nn1. The molecule has 0 spiro atoms. The van der Waals surface area contributed by atoms with Crippen molar-refractivity contribution in [2.24, 2.45) is 0 Å². The van der Waals surface area contributed by atoms with Crippen LogP contribution in [0.4, 0.5) is 13.2 Å². The highest BCUT2D eigenvalue weighted by atomic mass is 19.4. The number of aromatic nitrogens is 2.